The molecule has 0 N–H and O–H groups in total. The minimum absolute atomic E-state index is 0.0891. The lowest BCUT2D eigenvalue weighted by atomic mass is 10.0. The molecule has 0 aliphatic heterocycles. The van der Waals surface area contributed by atoms with Crippen molar-refractivity contribution in [1.82, 2.24) is 0 Å². The lowest BCUT2D eigenvalue weighted by Gasteiger charge is -2.07. The fraction of sp³-hybridized carbons (Fsp3) is 0.353. The molecule has 6 heteroatoms. The van der Waals surface area contributed by atoms with E-state index in [0.29, 0.717) is 21.9 Å². The maximum absolute atomic E-state index is 12.7. The minimum Gasteiger partial charge on any atom is -0.282 e. The van der Waals surface area contributed by atoms with Gasteiger partial charge in [0.25, 0.3) is 0 Å². The average Bonchev–Trinajstić information content (AvgIpc) is 2.79. The number of hydrogen-bond acceptors (Lipinski definition) is 4. The van der Waals surface area contributed by atoms with Crippen molar-refractivity contribution in [2.45, 2.75) is 38.0 Å². The molecule has 0 unspecified atom stereocenters. The van der Waals surface area contributed by atoms with Gasteiger partial charge < -0.3 is 0 Å². The van der Waals surface area contributed by atoms with Crippen LogP contribution >= 0.6 is 23.4 Å². The number of carbonyl (C=O) groups excluding carboxylic acids is 1. The minimum atomic E-state index is -3.29. The van der Waals surface area contributed by atoms with Crippen LogP contribution in [0.25, 0.3) is 0 Å². The highest BCUT2D eigenvalue weighted by Crippen LogP contribution is 2.40. The number of benzene rings is 1. The maximum atomic E-state index is 12.7. The Balaban J connectivity index is 2.30. The molecule has 1 aromatic rings. The molecule has 1 aliphatic rings. The van der Waals surface area contributed by atoms with Gasteiger partial charge in [-0.15, -0.1) is 0 Å². The Morgan fingerprint density at radius 3 is 2.39 bits per heavy atom. The van der Waals surface area contributed by atoms with E-state index in [4.69, 9.17) is 11.6 Å². The van der Waals surface area contributed by atoms with E-state index in [1.165, 1.54) is 6.26 Å². The predicted octanol–water partition coefficient (Wildman–Crippen LogP) is 4.78. The third-order valence-electron chi connectivity index (χ3n) is 3.79. The fourth-order valence-corrected chi connectivity index (χ4v) is 4.68. The monoisotopic (exact) mass is 370 g/mol. The molecule has 0 spiro atoms. The largest absolute Gasteiger partial charge is 0.282 e. The highest BCUT2D eigenvalue weighted by atomic mass is 35.5. The fourth-order valence-electron chi connectivity index (χ4n) is 2.66. The third kappa shape index (κ3) is 4.28. The summed E-state index contributed by atoms with van der Waals surface area (Å²) in [4.78, 5) is 13.8. The standard InChI is InChI=1S/C17H19ClO3S2/c1-4-5-14-11(2)16(23(3,20)21)10-15(14)17(19)22-13-8-6-12(18)7-9-13/h6-9H,4-5,10H2,1-3H3. The van der Waals surface area contributed by atoms with Crippen LogP contribution in [-0.4, -0.2) is 19.8 Å². The van der Waals surface area contributed by atoms with Crippen LogP contribution in [0.15, 0.2) is 50.8 Å². The molecule has 0 radical (unpaired) electrons. The SMILES string of the molecule is CCCC1=C(C(=O)Sc2ccc(Cl)cc2)CC(S(C)(=O)=O)=C1C. The second-order valence-electron chi connectivity index (χ2n) is 5.55. The molecule has 0 atom stereocenters. The first-order chi connectivity index (χ1) is 10.7. The van der Waals surface area contributed by atoms with Crippen LogP contribution in [0.2, 0.25) is 5.02 Å². The van der Waals surface area contributed by atoms with Gasteiger partial charge in [-0.25, -0.2) is 8.42 Å². The summed E-state index contributed by atoms with van der Waals surface area (Å²) in [7, 11) is -3.29. The van der Waals surface area contributed by atoms with Crippen LogP contribution in [0.1, 0.15) is 33.1 Å². The van der Waals surface area contributed by atoms with Gasteiger partial charge in [0.2, 0.25) is 5.12 Å². The molecule has 2 rings (SSSR count). The van der Waals surface area contributed by atoms with Crippen LogP contribution < -0.4 is 0 Å². The van der Waals surface area contributed by atoms with E-state index in [1.54, 1.807) is 31.2 Å². The molecule has 124 valence electrons. The van der Waals surface area contributed by atoms with Crippen molar-refractivity contribution in [2.24, 2.45) is 0 Å². The van der Waals surface area contributed by atoms with E-state index < -0.39 is 9.84 Å². The first-order valence-electron chi connectivity index (χ1n) is 7.34. The number of hydrogen-bond donors (Lipinski definition) is 0. The van der Waals surface area contributed by atoms with Gasteiger partial charge in [-0.3, -0.25) is 4.79 Å². The quantitative estimate of drug-likeness (QED) is 0.700. The Morgan fingerprint density at radius 1 is 1.26 bits per heavy atom. The van der Waals surface area contributed by atoms with Gasteiger partial charge in [0.05, 0.1) is 4.91 Å². The molecule has 0 bridgehead atoms. The lowest BCUT2D eigenvalue weighted by molar-refractivity contribution is -0.108. The van der Waals surface area contributed by atoms with E-state index in [2.05, 4.69) is 0 Å². The average molecular weight is 371 g/mol. The van der Waals surface area contributed by atoms with E-state index in [0.717, 1.165) is 34.2 Å². The summed E-state index contributed by atoms with van der Waals surface area (Å²) in [5, 5.41) is 0.527. The number of thioether (sulfide) groups is 1. The van der Waals surface area contributed by atoms with Gasteiger partial charge in [-0.2, -0.15) is 0 Å². The van der Waals surface area contributed by atoms with Crippen molar-refractivity contribution in [3.8, 4) is 0 Å². The van der Waals surface area contributed by atoms with Crippen LogP contribution in [0, 0.1) is 0 Å². The molecular weight excluding hydrogens is 352 g/mol. The van der Waals surface area contributed by atoms with E-state index in [1.807, 2.05) is 6.92 Å². The Morgan fingerprint density at radius 2 is 1.87 bits per heavy atom. The van der Waals surface area contributed by atoms with E-state index >= 15 is 0 Å². The van der Waals surface area contributed by atoms with Gasteiger partial charge >= 0.3 is 0 Å². The summed E-state index contributed by atoms with van der Waals surface area (Å²) < 4.78 is 23.9. The molecule has 0 heterocycles. The normalized spacial score (nSPS) is 15.5. The van der Waals surface area contributed by atoms with Crippen molar-refractivity contribution in [2.75, 3.05) is 6.26 Å². The molecule has 1 aliphatic carbocycles. The molecule has 3 nitrogen and oxygen atoms in total. The summed E-state index contributed by atoms with van der Waals surface area (Å²) >= 11 is 6.97. The number of rotatable bonds is 5. The molecule has 23 heavy (non-hydrogen) atoms. The summed E-state index contributed by atoms with van der Waals surface area (Å²) in [5.74, 6) is 0. The number of allylic oxidation sites excluding steroid dienone is 3. The van der Waals surface area contributed by atoms with Crippen LogP contribution in [0.3, 0.4) is 0 Å². The lowest BCUT2D eigenvalue weighted by Crippen LogP contribution is -2.03. The van der Waals surface area contributed by atoms with Crippen LogP contribution in [0.4, 0.5) is 0 Å². The maximum Gasteiger partial charge on any atom is 0.220 e. The molecular formula is C17H19ClO3S2. The number of halogens is 1. The van der Waals surface area contributed by atoms with Crippen molar-refractivity contribution < 1.29 is 13.2 Å². The second-order valence-corrected chi connectivity index (χ2v) is 9.07. The van der Waals surface area contributed by atoms with Crippen molar-refractivity contribution >= 4 is 38.3 Å². The smallest absolute Gasteiger partial charge is 0.220 e. The number of carbonyl (C=O) groups is 1. The second kappa shape index (κ2) is 7.24. The Kier molecular flexibility index (Phi) is 5.76. The number of sulfone groups is 1. The predicted molar refractivity (Wildman–Crippen MR) is 96.4 cm³/mol. The zero-order valence-corrected chi connectivity index (χ0v) is 15.7. The van der Waals surface area contributed by atoms with Gasteiger partial charge in [-0.1, -0.05) is 24.9 Å². The third-order valence-corrected chi connectivity index (χ3v) is 6.33. The topological polar surface area (TPSA) is 51.2 Å². The highest BCUT2D eigenvalue weighted by Gasteiger charge is 2.30. The Bertz CT molecular complexity index is 788. The molecule has 0 aromatic heterocycles. The molecule has 0 saturated heterocycles. The highest BCUT2D eigenvalue weighted by molar-refractivity contribution is 8.14. The molecule has 0 amide bonds. The molecule has 0 fully saturated rings. The van der Waals surface area contributed by atoms with Gasteiger partial charge in [0.1, 0.15) is 0 Å². The summed E-state index contributed by atoms with van der Waals surface area (Å²) in [5.41, 5.74) is 2.25. The van der Waals surface area contributed by atoms with Gasteiger partial charge in [0, 0.05) is 28.2 Å². The first-order valence-corrected chi connectivity index (χ1v) is 10.4. The van der Waals surface area contributed by atoms with Crippen LogP contribution in [0.5, 0.6) is 0 Å². The molecule has 0 saturated carbocycles. The van der Waals surface area contributed by atoms with E-state index in [-0.39, 0.29) is 11.5 Å². The van der Waals surface area contributed by atoms with Gasteiger partial charge in [0.15, 0.2) is 9.84 Å². The Labute approximate surface area is 146 Å². The van der Waals surface area contributed by atoms with Crippen LogP contribution in [-0.2, 0) is 14.6 Å². The van der Waals surface area contributed by atoms with E-state index in [9.17, 15) is 13.2 Å². The zero-order chi connectivity index (χ0) is 17.2. The first kappa shape index (κ1) is 18.3. The van der Waals surface area contributed by atoms with Crippen molar-refractivity contribution in [3.63, 3.8) is 0 Å². The van der Waals surface area contributed by atoms with Gasteiger partial charge in [-0.05, 0) is 60.5 Å². The summed E-state index contributed by atoms with van der Waals surface area (Å²) in [6.45, 7) is 3.82. The summed E-state index contributed by atoms with van der Waals surface area (Å²) in [6.07, 6.45) is 2.99. The Hall–Kier alpha value is -1.04. The molecule has 1 aromatic carbocycles. The van der Waals surface area contributed by atoms with Crippen molar-refractivity contribution in [3.05, 3.63) is 50.9 Å². The summed E-state index contributed by atoms with van der Waals surface area (Å²) in [6, 6.07) is 7.05. The zero-order valence-electron chi connectivity index (χ0n) is 13.3. The van der Waals surface area contributed by atoms with Crippen molar-refractivity contribution in [1.29, 1.82) is 0 Å².